The predicted molar refractivity (Wildman–Crippen MR) is 62.4 cm³/mol. The first kappa shape index (κ1) is 11.7. The van der Waals surface area contributed by atoms with E-state index in [1.807, 2.05) is 0 Å². The van der Waals surface area contributed by atoms with Gasteiger partial charge in [-0.1, -0.05) is 0 Å². The summed E-state index contributed by atoms with van der Waals surface area (Å²) in [6.45, 7) is 4.20. The Kier molecular flexibility index (Phi) is 3.38. The van der Waals surface area contributed by atoms with Gasteiger partial charge in [-0.25, -0.2) is 4.79 Å². The molecule has 0 bridgehead atoms. The molecule has 0 aromatic heterocycles. The van der Waals surface area contributed by atoms with Gasteiger partial charge in [-0.2, -0.15) is 0 Å². The second-order valence-electron chi connectivity index (χ2n) is 5.45. The number of carbonyl (C=O) groups is 1. The highest BCUT2D eigenvalue weighted by Crippen LogP contribution is 2.24. The van der Waals surface area contributed by atoms with Crippen molar-refractivity contribution in [1.82, 2.24) is 10.2 Å². The maximum atomic E-state index is 11.7. The first-order chi connectivity index (χ1) is 7.57. The number of rotatable bonds is 2. The molecule has 4 nitrogen and oxygen atoms in total. The third-order valence-corrected chi connectivity index (χ3v) is 3.82. The highest BCUT2D eigenvalue weighted by atomic mass is 16.6. The Bertz CT molecular complexity index is 256. The van der Waals surface area contributed by atoms with E-state index < -0.39 is 0 Å². The third kappa shape index (κ3) is 2.88. The summed E-state index contributed by atoms with van der Waals surface area (Å²) in [5.74, 6) is 0. The van der Waals surface area contributed by atoms with Crippen LogP contribution in [-0.4, -0.2) is 42.8 Å². The van der Waals surface area contributed by atoms with Crippen molar-refractivity contribution >= 4 is 6.09 Å². The standard InChI is InChI=1S/C12H22N2O2/c1-12(6-8-14(2)9-7-12)13-11(15)16-10-4-3-5-10/h10H,3-9H2,1-2H3,(H,13,15). The molecule has 1 saturated carbocycles. The molecule has 4 heteroatoms. The fourth-order valence-electron chi connectivity index (χ4n) is 2.15. The molecule has 1 heterocycles. The summed E-state index contributed by atoms with van der Waals surface area (Å²) in [5, 5.41) is 3.03. The molecule has 0 aromatic carbocycles. The monoisotopic (exact) mass is 226 g/mol. The van der Waals surface area contributed by atoms with Crippen LogP contribution in [-0.2, 0) is 4.74 Å². The van der Waals surface area contributed by atoms with Crippen molar-refractivity contribution in [3.63, 3.8) is 0 Å². The lowest BCUT2D eigenvalue weighted by Crippen LogP contribution is -2.53. The van der Waals surface area contributed by atoms with Gasteiger partial charge >= 0.3 is 6.09 Å². The van der Waals surface area contributed by atoms with E-state index in [4.69, 9.17) is 4.74 Å². The molecule has 1 aliphatic heterocycles. The Morgan fingerprint density at radius 3 is 2.50 bits per heavy atom. The molecule has 0 aromatic rings. The minimum atomic E-state index is -0.225. The van der Waals surface area contributed by atoms with E-state index in [1.54, 1.807) is 0 Å². The van der Waals surface area contributed by atoms with Gasteiger partial charge < -0.3 is 15.0 Å². The van der Waals surface area contributed by atoms with E-state index in [0.717, 1.165) is 38.8 Å². The van der Waals surface area contributed by atoms with Crippen molar-refractivity contribution in [1.29, 1.82) is 0 Å². The van der Waals surface area contributed by atoms with Crippen LogP contribution in [0.15, 0.2) is 0 Å². The van der Waals surface area contributed by atoms with Gasteiger partial charge in [0.05, 0.1) is 0 Å². The average Bonchev–Trinajstić information content (AvgIpc) is 2.17. The number of carbonyl (C=O) groups excluding carboxylic acids is 1. The van der Waals surface area contributed by atoms with Crippen LogP contribution in [0.4, 0.5) is 4.79 Å². The highest BCUT2D eigenvalue weighted by molar-refractivity contribution is 5.68. The Morgan fingerprint density at radius 2 is 2.00 bits per heavy atom. The summed E-state index contributed by atoms with van der Waals surface area (Å²) in [5.41, 5.74) is -0.0761. The first-order valence-electron chi connectivity index (χ1n) is 6.25. The zero-order chi connectivity index (χ0) is 11.6. The van der Waals surface area contributed by atoms with Crippen LogP contribution in [0.2, 0.25) is 0 Å². The second-order valence-corrected chi connectivity index (χ2v) is 5.45. The van der Waals surface area contributed by atoms with Gasteiger partial charge in [-0.3, -0.25) is 0 Å². The van der Waals surface area contributed by atoms with Crippen molar-refractivity contribution in [2.45, 2.75) is 50.7 Å². The van der Waals surface area contributed by atoms with E-state index in [9.17, 15) is 4.79 Å². The molecule has 1 amide bonds. The van der Waals surface area contributed by atoms with Gasteiger partial charge in [-0.05, 0) is 46.1 Å². The van der Waals surface area contributed by atoms with Gasteiger partial charge in [0.1, 0.15) is 6.10 Å². The Balaban J connectivity index is 1.76. The Morgan fingerprint density at radius 1 is 1.38 bits per heavy atom. The molecule has 16 heavy (non-hydrogen) atoms. The molecule has 2 fully saturated rings. The van der Waals surface area contributed by atoms with E-state index in [-0.39, 0.29) is 17.7 Å². The molecule has 1 aliphatic carbocycles. The molecule has 0 atom stereocenters. The average molecular weight is 226 g/mol. The summed E-state index contributed by atoms with van der Waals surface area (Å²) < 4.78 is 5.32. The predicted octanol–water partition coefficient (Wildman–Crippen LogP) is 1.75. The van der Waals surface area contributed by atoms with Crippen LogP contribution < -0.4 is 5.32 Å². The lowest BCUT2D eigenvalue weighted by molar-refractivity contribution is 0.0422. The maximum absolute atomic E-state index is 11.7. The van der Waals surface area contributed by atoms with Crippen LogP contribution in [0.5, 0.6) is 0 Å². The first-order valence-corrected chi connectivity index (χ1v) is 6.25. The summed E-state index contributed by atoms with van der Waals surface area (Å²) in [6, 6.07) is 0. The smallest absolute Gasteiger partial charge is 0.407 e. The number of hydrogen-bond donors (Lipinski definition) is 1. The largest absolute Gasteiger partial charge is 0.446 e. The quantitative estimate of drug-likeness (QED) is 0.780. The normalized spacial score (nSPS) is 25.9. The van der Waals surface area contributed by atoms with Gasteiger partial charge in [0.25, 0.3) is 0 Å². The number of amides is 1. The molecule has 0 spiro atoms. The SMILES string of the molecule is CN1CCC(C)(NC(=O)OC2CCC2)CC1. The van der Waals surface area contributed by atoms with Gasteiger partial charge in [-0.15, -0.1) is 0 Å². The number of hydrogen-bond acceptors (Lipinski definition) is 3. The summed E-state index contributed by atoms with van der Waals surface area (Å²) >= 11 is 0. The zero-order valence-corrected chi connectivity index (χ0v) is 10.3. The zero-order valence-electron chi connectivity index (χ0n) is 10.3. The van der Waals surface area contributed by atoms with Gasteiger partial charge in [0, 0.05) is 18.6 Å². The Hall–Kier alpha value is -0.770. The highest BCUT2D eigenvalue weighted by Gasteiger charge is 2.32. The summed E-state index contributed by atoms with van der Waals surface area (Å²) in [7, 11) is 2.12. The number of nitrogens with zero attached hydrogens (tertiary/aromatic N) is 1. The van der Waals surface area contributed by atoms with Crippen molar-refractivity contribution in [3.05, 3.63) is 0 Å². The molecule has 1 saturated heterocycles. The summed E-state index contributed by atoms with van der Waals surface area (Å²) in [4.78, 5) is 13.9. The number of nitrogens with one attached hydrogen (secondary N) is 1. The summed E-state index contributed by atoms with van der Waals surface area (Å²) in [6.07, 6.45) is 5.22. The number of likely N-dealkylation sites (tertiary alicyclic amines) is 1. The van der Waals surface area contributed by atoms with Crippen molar-refractivity contribution < 1.29 is 9.53 Å². The number of alkyl carbamates (subject to hydrolysis) is 1. The van der Waals surface area contributed by atoms with Crippen LogP contribution in [0.25, 0.3) is 0 Å². The minimum absolute atomic E-state index is 0.0761. The molecule has 2 aliphatic rings. The van der Waals surface area contributed by atoms with Crippen LogP contribution in [0.3, 0.4) is 0 Å². The lowest BCUT2D eigenvalue weighted by atomic mass is 9.90. The molecular weight excluding hydrogens is 204 g/mol. The topological polar surface area (TPSA) is 41.6 Å². The molecule has 1 N–H and O–H groups in total. The van der Waals surface area contributed by atoms with Crippen LogP contribution >= 0.6 is 0 Å². The van der Waals surface area contributed by atoms with Crippen molar-refractivity contribution in [3.8, 4) is 0 Å². The van der Waals surface area contributed by atoms with Crippen molar-refractivity contribution in [2.24, 2.45) is 0 Å². The molecule has 0 radical (unpaired) electrons. The molecule has 0 unspecified atom stereocenters. The van der Waals surface area contributed by atoms with E-state index in [0.29, 0.717) is 0 Å². The maximum Gasteiger partial charge on any atom is 0.407 e. The van der Waals surface area contributed by atoms with E-state index in [1.165, 1.54) is 6.42 Å². The molecular formula is C12H22N2O2. The molecule has 2 rings (SSSR count). The second kappa shape index (κ2) is 4.62. The fraction of sp³-hybridized carbons (Fsp3) is 0.917. The van der Waals surface area contributed by atoms with E-state index >= 15 is 0 Å². The van der Waals surface area contributed by atoms with Crippen molar-refractivity contribution in [2.75, 3.05) is 20.1 Å². The minimum Gasteiger partial charge on any atom is -0.446 e. The Labute approximate surface area is 97.3 Å². The van der Waals surface area contributed by atoms with E-state index in [2.05, 4.69) is 24.2 Å². The van der Waals surface area contributed by atoms with Gasteiger partial charge in [0.15, 0.2) is 0 Å². The van der Waals surface area contributed by atoms with Crippen LogP contribution in [0.1, 0.15) is 39.0 Å². The third-order valence-electron chi connectivity index (χ3n) is 3.82. The number of piperidine rings is 1. The fourth-order valence-corrected chi connectivity index (χ4v) is 2.15. The molecule has 92 valence electrons. The number of ether oxygens (including phenoxy) is 1. The lowest BCUT2D eigenvalue weighted by Gasteiger charge is -2.38. The van der Waals surface area contributed by atoms with Gasteiger partial charge in [0.2, 0.25) is 0 Å². The van der Waals surface area contributed by atoms with Crippen LogP contribution in [0, 0.1) is 0 Å².